The second-order valence-electron chi connectivity index (χ2n) is 5.64. The zero-order valence-corrected chi connectivity index (χ0v) is 14.2. The number of halogens is 1. The highest BCUT2D eigenvalue weighted by atomic mass is 79.9. The molecule has 0 unspecified atom stereocenters. The van der Waals surface area contributed by atoms with Crippen LogP contribution >= 0.6 is 15.9 Å². The predicted octanol–water partition coefficient (Wildman–Crippen LogP) is 2.86. The fraction of sp³-hybridized carbons (Fsp3) is 0.500. The van der Waals surface area contributed by atoms with Gasteiger partial charge < -0.3 is 5.32 Å². The molecule has 1 saturated carbocycles. The second-order valence-corrected chi connectivity index (χ2v) is 8.02. The van der Waals surface area contributed by atoms with Gasteiger partial charge in [-0.05, 0) is 65.7 Å². The summed E-state index contributed by atoms with van der Waals surface area (Å²) in [7, 11) is -3.76. The monoisotopic (exact) mass is 374 g/mol. The molecule has 116 valence electrons. The van der Waals surface area contributed by atoms with Gasteiger partial charge in [-0.3, -0.25) is 4.79 Å². The van der Waals surface area contributed by atoms with Crippen LogP contribution in [0.25, 0.3) is 0 Å². The summed E-state index contributed by atoms with van der Waals surface area (Å²) < 4.78 is 23.0. The van der Waals surface area contributed by atoms with Crippen LogP contribution in [-0.4, -0.2) is 14.3 Å². The first-order valence-electron chi connectivity index (χ1n) is 6.90. The molecule has 0 aliphatic heterocycles. The normalized spacial score (nSPS) is 22.8. The molecule has 0 heterocycles. The van der Waals surface area contributed by atoms with E-state index in [9.17, 15) is 13.2 Å². The minimum Gasteiger partial charge on any atom is -0.326 e. The van der Waals surface area contributed by atoms with E-state index in [0.29, 0.717) is 16.1 Å². The molecule has 1 aliphatic carbocycles. The Morgan fingerprint density at radius 2 is 1.90 bits per heavy atom. The number of nitrogens with two attached hydrogens (primary N) is 1. The van der Waals surface area contributed by atoms with Crippen LogP contribution < -0.4 is 10.5 Å². The minimum absolute atomic E-state index is 0.00263. The van der Waals surface area contributed by atoms with Crippen molar-refractivity contribution in [2.75, 3.05) is 5.32 Å². The molecule has 21 heavy (non-hydrogen) atoms. The van der Waals surface area contributed by atoms with Crippen LogP contribution in [0.5, 0.6) is 0 Å². The summed E-state index contributed by atoms with van der Waals surface area (Å²) in [6, 6.07) is 4.49. The van der Waals surface area contributed by atoms with E-state index in [1.807, 2.05) is 0 Å². The van der Waals surface area contributed by atoms with Gasteiger partial charge in [0.2, 0.25) is 15.9 Å². The molecule has 0 bridgehead atoms. The van der Waals surface area contributed by atoms with E-state index in [0.717, 1.165) is 25.7 Å². The van der Waals surface area contributed by atoms with Crippen LogP contribution in [0.1, 0.15) is 32.6 Å². The van der Waals surface area contributed by atoms with E-state index in [1.165, 1.54) is 6.07 Å². The van der Waals surface area contributed by atoms with Crippen LogP contribution in [0.4, 0.5) is 5.69 Å². The van der Waals surface area contributed by atoms with Crippen molar-refractivity contribution in [3.8, 4) is 0 Å². The molecule has 1 aromatic rings. The van der Waals surface area contributed by atoms with Gasteiger partial charge in [-0.1, -0.05) is 6.92 Å². The minimum atomic E-state index is -3.76. The Morgan fingerprint density at radius 3 is 2.43 bits per heavy atom. The van der Waals surface area contributed by atoms with Crippen LogP contribution in [0.3, 0.4) is 0 Å². The molecule has 0 spiro atoms. The fourth-order valence-corrected chi connectivity index (χ4v) is 4.22. The number of amides is 1. The number of hydrogen-bond donors (Lipinski definition) is 2. The molecular formula is C14H19BrN2O3S. The maximum atomic E-state index is 12.2. The second kappa shape index (κ2) is 6.46. The largest absolute Gasteiger partial charge is 0.326 e. The standard InChI is InChI=1S/C14H19BrN2O3S/c1-9-2-4-10(5-3-9)14(18)17-11-6-7-13(12(15)8-11)21(16,19)20/h6-10H,2-5H2,1H3,(H,17,18)(H2,16,19,20). The number of benzene rings is 1. The number of hydrogen-bond acceptors (Lipinski definition) is 3. The highest BCUT2D eigenvalue weighted by Gasteiger charge is 2.24. The summed E-state index contributed by atoms with van der Waals surface area (Å²) >= 11 is 3.17. The lowest BCUT2D eigenvalue weighted by molar-refractivity contribution is -0.121. The molecule has 7 heteroatoms. The Balaban J connectivity index is 2.07. The van der Waals surface area contributed by atoms with Crippen molar-refractivity contribution in [2.24, 2.45) is 17.0 Å². The number of rotatable bonds is 3. The first-order valence-corrected chi connectivity index (χ1v) is 9.24. The van der Waals surface area contributed by atoms with E-state index >= 15 is 0 Å². The highest BCUT2D eigenvalue weighted by molar-refractivity contribution is 9.10. The topological polar surface area (TPSA) is 89.3 Å². The molecule has 5 nitrogen and oxygen atoms in total. The summed E-state index contributed by atoms with van der Waals surface area (Å²) in [4.78, 5) is 12.2. The number of sulfonamides is 1. The molecule has 1 aliphatic rings. The summed E-state index contributed by atoms with van der Waals surface area (Å²) in [6.45, 7) is 2.21. The Labute approximate surface area is 133 Å². The van der Waals surface area contributed by atoms with E-state index in [1.54, 1.807) is 12.1 Å². The van der Waals surface area contributed by atoms with Gasteiger partial charge in [-0.15, -0.1) is 0 Å². The summed E-state index contributed by atoms with van der Waals surface area (Å²) in [5.74, 6) is 0.729. The molecule has 3 N–H and O–H groups in total. The molecule has 0 atom stereocenters. The lowest BCUT2D eigenvalue weighted by Gasteiger charge is -2.25. The summed E-state index contributed by atoms with van der Waals surface area (Å²) in [5, 5.41) is 7.94. The van der Waals surface area contributed by atoms with Crippen molar-refractivity contribution in [3.05, 3.63) is 22.7 Å². The van der Waals surface area contributed by atoms with Gasteiger partial charge in [0.05, 0.1) is 4.90 Å². The van der Waals surface area contributed by atoms with Crippen molar-refractivity contribution in [1.82, 2.24) is 0 Å². The SMILES string of the molecule is CC1CCC(C(=O)Nc2ccc(S(N)(=O)=O)c(Br)c2)CC1. The van der Waals surface area contributed by atoms with Gasteiger partial charge in [-0.25, -0.2) is 13.6 Å². The van der Waals surface area contributed by atoms with Gasteiger partial charge >= 0.3 is 0 Å². The zero-order chi connectivity index (χ0) is 15.6. The third kappa shape index (κ3) is 4.28. The van der Waals surface area contributed by atoms with E-state index in [4.69, 9.17) is 5.14 Å². The van der Waals surface area contributed by atoms with Gasteiger partial charge in [0.15, 0.2) is 0 Å². The quantitative estimate of drug-likeness (QED) is 0.851. The highest BCUT2D eigenvalue weighted by Crippen LogP contribution is 2.30. The summed E-state index contributed by atoms with van der Waals surface area (Å²) in [6.07, 6.45) is 3.96. The van der Waals surface area contributed by atoms with Gasteiger partial charge in [0, 0.05) is 16.1 Å². The molecule has 0 saturated heterocycles. The van der Waals surface area contributed by atoms with E-state index < -0.39 is 10.0 Å². The zero-order valence-electron chi connectivity index (χ0n) is 11.8. The fourth-order valence-electron chi connectivity index (χ4n) is 2.58. The smallest absolute Gasteiger partial charge is 0.239 e. The number of anilines is 1. The molecule has 1 aromatic carbocycles. The van der Waals surface area contributed by atoms with Crippen molar-refractivity contribution in [1.29, 1.82) is 0 Å². The Morgan fingerprint density at radius 1 is 1.29 bits per heavy atom. The third-order valence-corrected chi connectivity index (χ3v) is 5.78. The molecule has 2 rings (SSSR count). The van der Waals surface area contributed by atoms with Crippen molar-refractivity contribution in [2.45, 2.75) is 37.5 Å². The van der Waals surface area contributed by atoms with E-state index in [2.05, 4.69) is 28.2 Å². The van der Waals surface area contributed by atoms with Gasteiger partial charge in [0.1, 0.15) is 0 Å². The Bertz CT molecular complexity index is 638. The van der Waals surface area contributed by atoms with Crippen LogP contribution in [0.15, 0.2) is 27.6 Å². The number of carbonyl (C=O) groups excluding carboxylic acids is 1. The van der Waals surface area contributed by atoms with Crippen molar-refractivity contribution < 1.29 is 13.2 Å². The number of primary sulfonamides is 1. The third-order valence-electron chi connectivity index (χ3n) is 3.89. The maximum Gasteiger partial charge on any atom is 0.239 e. The van der Waals surface area contributed by atoms with Crippen molar-refractivity contribution >= 4 is 37.5 Å². The van der Waals surface area contributed by atoms with Crippen LogP contribution in [0, 0.1) is 11.8 Å². The van der Waals surface area contributed by atoms with Crippen LogP contribution in [-0.2, 0) is 14.8 Å². The average molecular weight is 375 g/mol. The molecule has 0 radical (unpaired) electrons. The Kier molecular flexibility index (Phi) is 5.06. The molecule has 1 fully saturated rings. The molecule has 1 amide bonds. The first-order chi connectivity index (χ1) is 9.77. The lowest BCUT2D eigenvalue weighted by atomic mass is 9.82. The maximum absolute atomic E-state index is 12.2. The molecule has 0 aromatic heterocycles. The van der Waals surface area contributed by atoms with Gasteiger partial charge in [0.25, 0.3) is 0 Å². The van der Waals surface area contributed by atoms with Crippen molar-refractivity contribution in [3.63, 3.8) is 0 Å². The number of carbonyl (C=O) groups is 1. The summed E-state index contributed by atoms with van der Waals surface area (Å²) in [5.41, 5.74) is 0.567. The van der Waals surface area contributed by atoms with E-state index in [-0.39, 0.29) is 16.7 Å². The predicted molar refractivity (Wildman–Crippen MR) is 85.3 cm³/mol. The van der Waals surface area contributed by atoms with Gasteiger partial charge in [-0.2, -0.15) is 0 Å². The number of nitrogens with one attached hydrogen (secondary N) is 1. The molecular weight excluding hydrogens is 356 g/mol. The lowest BCUT2D eigenvalue weighted by Crippen LogP contribution is -2.26. The average Bonchev–Trinajstić information content (AvgIpc) is 2.37. The van der Waals surface area contributed by atoms with Crippen LogP contribution in [0.2, 0.25) is 0 Å². The first kappa shape index (κ1) is 16.5. The Hall–Kier alpha value is -0.920.